The molecule has 0 aliphatic heterocycles. The number of fused-ring (bicyclic) bond motifs is 9. The van der Waals surface area contributed by atoms with Crippen molar-refractivity contribution >= 4 is 117 Å². The summed E-state index contributed by atoms with van der Waals surface area (Å²) < 4.78 is 7.14. The van der Waals surface area contributed by atoms with Gasteiger partial charge in [0.1, 0.15) is 0 Å². The van der Waals surface area contributed by atoms with Gasteiger partial charge in [-0.3, -0.25) is 0 Å². The molecule has 19 rings (SSSR count). The monoisotopic (exact) mass is 1300 g/mol. The minimum atomic E-state index is 0.614. The standard InChI is InChI=1S/C94H64N8/c1-7-25-68(26-8-1)97(77-55-58-83-80-37-19-22-40-88(80)100(91(83)61-77)71-31-13-4-14-32-71)74-49-43-65(44-50-74)86-64-87(66-45-51-75(52-46-66)98(69-27-9-2-10-28-69)78-56-59-84-81-38-20-23-41-89(81)101(92(84)62-78)72-33-15-5-16-34-72)96-94(95-86)67-47-53-76(54-48-67)99(70-29-11-3-12-30-70)79-57-60-85-82-39-21-24-42-90(82)102(93(85)63-79)73-35-17-6-18-36-73/h1-64H. The Morgan fingerprint density at radius 2 is 0.412 bits per heavy atom. The van der Waals surface area contributed by atoms with Gasteiger partial charge in [-0.05, 0) is 182 Å². The summed E-state index contributed by atoms with van der Waals surface area (Å²) in [7, 11) is 0. The first-order chi connectivity index (χ1) is 50.6. The van der Waals surface area contributed by atoms with Crippen LogP contribution in [0.25, 0.3) is 116 Å². The first kappa shape index (κ1) is 59.4. The molecule has 4 heterocycles. The number of hydrogen-bond acceptors (Lipinski definition) is 5. The Balaban J connectivity index is 0.732. The third-order valence-corrected chi connectivity index (χ3v) is 19.8. The Labute approximate surface area is 590 Å². The summed E-state index contributed by atoms with van der Waals surface area (Å²) in [6.45, 7) is 0. The maximum atomic E-state index is 5.51. The van der Waals surface area contributed by atoms with E-state index in [1.807, 2.05) is 0 Å². The van der Waals surface area contributed by atoms with Crippen LogP contribution in [0.2, 0.25) is 0 Å². The third-order valence-electron chi connectivity index (χ3n) is 19.8. The Hall–Kier alpha value is -13.8. The van der Waals surface area contributed by atoms with Crippen LogP contribution in [0.3, 0.4) is 0 Å². The second-order valence-corrected chi connectivity index (χ2v) is 25.8. The summed E-state index contributed by atoms with van der Waals surface area (Å²) >= 11 is 0. The number of benzene rings is 15. The van der Waals surface area contributed by atoms with Crippen LogP contribution in [0.1, 0.15) is 0 Å². The van der Waals surface area contributed by atoms with Gasteiger partial charge in [0, 0.05) is 117 Å². The molecular formula is C94H64N8. The lowest BCUT2D eigenvalue weighted by Crippen LogP contribution is -2.10. The molecule has 0 amide bonds. The summed E-state index contributed by atoms with van der Waals surface area (Å²) in [5.41, 5.74) is 24.0. The highest BCUT2D eigenvalue weighted by atomic mass is 15.2. The minimum Gasteiger partial charge on any atom is -0.310 e. The van der Waals surface area contributed by atoms with Crippen LogP contribution in [0.4, 0.5) is 51.2 Å². The van der Waals surface area contributed by atoms with Crippen molar-refractivity contribution in [2.75, 3.05) is 14.7 Å². The maximum Gasteiger partial charge on any atom is 0.160 e. The highest BCUT2D eigenvalue weighted by Gasteiger charge is 2.23. The Morgan fingerprint density at radius 1 is 0.176 bits per heavy atom. The van der Waals surface area contributed by atoms with E-state index in [0.717, 1.165) is 113 Å². The molecule has 0 spiro atoms. The lowest BCUT2D eigenvalue weighted by atomic mass is 10.0. The van der Waals surface area contributed by atoms with Crippen LogP contribution in [-0.2, 0) is 0 Å². The van der Waals surface area contributed by atoms with E-state index in [1.165, 1.54) is 48.9 Å². The number of aromatic nitrogens is 5. The lowest BCUT2D eigenvalue weighted by Gasteiger charge is -2.26. The molecule has 0 fully saturated rings. The molecule has 0 saturated heterocycles. The highest BCUT2D eigenvalue weighted by Crippen LogP contribution is 2.45. The van der Waals surface area contributed by atoms with Gasteiger partial charge in [-0.2, -0.15) is 0 Å². The van der Waals surface area contributed by atoms with Gasteiger partial charge in [0.25, 0.3) is 0 Å². The maximum absolute atomic E-state index is 5.51. The predicted molar refractivity (Wildman–Crippen MR) is 425 cm³/mol. The Kier molecular flexibility index (Phi) is 14.7. The molecule has 0 aliphatic carbocycles. The fourth-order valence-corrected chi connectivity index (χ4v) is 15.1. The molecule has 0 atom stereocenters. The average molecular weight is 1310 g/mol. The van der Waals surface area contributed by atoms with Crippen LogP contribution >= 0.6 is 0 Å². The van der Waals surface area contributed by atoms with Crippen LogP contribution in [-0.4, -0.2) is 23.7 Å². The fraction of sp³-hybridized carbons (Fsp3) is 0. The van der Waals surface area contributed by atoms with Crippen molar-refractivity contribution in [1.29, 1.82) is 0 Å². The molecule has 0 bridgehead atoms. The average Bonchev–Trinajstić information content (AvgIpc) is 1.41. The van der Waals surface area contributed by atoms with Crippen molar-refractivity contribution in [2.24, 2.45) is 0 Å². The Bertz CT molecular complexity index is 5650. The first-order valence-corrected chi connectivity index (χ1v) is 34.6. The van der Waals surface area contributed by atoms with Crippen LogP contribution in [0, 0.1) is 0 Å². The van der Waals surface area contributed by atoms with Crippen molar-refractivity contribution in [2.45, 2.75) is 0 Å². The molecule has 0 saturated carbocycles. The number of hydrogen-bond donors (Lipinski definition) is 0. The molecule has 8 heteroatoms. The van der Waals surface area contributed by atoms with E-state index in [-0.39, 0.29) is 0 Å². The van der Waals surface area contributed by atoms with Crippen molar-refractivity contribution in [1.82, 2.24) is 23.7 Å². The number of para-hydroxylation sites is 9. The second-order valence-electron chi connectivity index (χ2n) is 25.8. The van der Waals surface area contributed by atoms with E-state index >= 15 is 0 Å². The van der Waals surface area contributed by atoms with E-state index in [9.17, 15) is 0 Å². The lowest BCUT2D eigenvalue weighted by molar-refractivity contribution is 1.17. The summed E-state index contributed by atoms with van der Waals surface area (Å²) in [4.78, 5) is 18.0. The number of rotatable bonds is 15. The van der Waals surface area contributed by atoms with E-state index in [4.69, 9.17) is 9.97 Å². The van der Waals surface area contributed by atoms with Crippen LogP contribution in [0.5, 0.6) is 0 Å². The van der Waals surface area contributed by atoms with Gasteiger partial charge in [0.15, 0.2) is 5.82 Å². The summed E-state index contributed by atoms with van der Waals surface area (Å²) in [5, 5.41) is 7.24. The molecule has 15 aromatic carbocycles. The van der Waals surface area contributed by atoms with Crippen LogP contribution < -0.4 is 14.7 Å². The smallest absolute Gasteiger partial charge is 0.160 e. The van der Waals surface area contributed by atoms with E-state index in [0.29, 0.717) is 5.82 Å². The molecule has 0 radical (unpaired) electrons. The summed E-state index contributed by atoms with van der Waals surface area (Å²) in [6.07, 6.45) is 0. The zero-order valence-corrected chi connectivity index (χ0v) is 55.5. The van der Waals surface area contributed by atoms with Crippen molar-refractivity contribution in [3.63, 3.8) is 0 Å². The van der Waals surface area contributed by atoms with Crippen LogP contribution in [0.15, 0.2) is 388 Å². The summed E-state index contributed by atoms with van der Waals surface area (Å²) in [6, 6.07) is 139. The molecule has 480 valence electrons. The topological polar surface area (TPSA) is 50.3 Å². The molecule has 4 aromatic heterocycles. The SMILES string of the molecule is c1ccc(N(c2ccc(-c3cc(-c4ccc(N(c5ccccc5)c5ccc6c7ccccc7n(-c7ccccc7)c6c5)cc4)nc(-c4ccc(N(c5ccccc5)c5ccc6c7ccccc7n(-c7ccccc7)c6c5)cc4)n3)cc2)c2ccc3c4ccccc4n(-c4ccccc4)c3c2)cc1. The molecule has 8 nitrogen and oxygen atoms in total. The van der Waals surface area contributed by atoms with E-state index < -0.39 is 0 Å². The second kappa shape index (κ2) is 25.2. The van der Waals surface area contributed by atoms with Crippen molar-refractivity contribution in [3.8, 4) is 51.0 Å². The van der Waals surface area contributed by atoms with Crippen molar-refractivity contribution in [3.05, 3.63) is 388 Å². The fourth-order valence-electron chi connectivity index (χ4n) is 15.1. The largest absolute Gasteiger partial charge is 0.310 e. The van der Waals surface area contributed by atoms with E-state index in [1.54, 1.807) is 0 Å². The normalized spacial score (nSPS) is 11.5. The van der Waals surface area contributed by atoms with Crippen molar-refractivity contribution < 1.29 is 0 Å². The van der Waals surface area contributed by atoms with Gasteiger partial charge >= 0.3 is 0 Å². The van der Waals surface area contributed by atoms with Gasteiger partial charge in [-0.15, -0.1) is 0 Å². The minimum absolute atomic E-state index is 0.614. The third kappa shape index (κ3) is 10.5. The zero-order valence-electron chi connectivity index (χ0n) is 55.5. The van der Waals surface area contributed by atoms with E-state index in [2.05, 4.69) is 417 Å². The molecule has 19 aromatic rings. The van der Waals surface area contributed by atoms with Gasteiger partial charge < -0.3 is 28.4 Å². The quantitative estimate of drug-likeness (QED) is 0.102. The Morgan fingerprint density at radius 3 is 0.716 bits per heavy atom. The highest BCUT2D eigenvalue weighted by molar-refractivity contribution is 6.13. The number of nitrogens with zero attached hydrogens (tertiary/aromatic N) is 8. The summed E-state index contributed by atoms with van der Waals surface area (Å²) in [5.74, 6) is 0.614. The van der Waals surface area contributed by atoms with Gasteiger partial charge in [-0.1, -0.05) is 206 Å². The predicted octanol–water partition coefficient (Wildman–Crippen LogP) is 25.2. The molecule has 0 N–H and O–H groups in total. The van der Waals surface area contributed by atoms with Gasteiger partial charge in [-0.25, -0.2) is 9.97 Å². The molecule has 102 heavy (non-hydrogen) atoms. The first-order valence-electron chi connectivity index (χ1n) is 34.6. The number of anilines is 9. The van der Waals surface area contributed by atoms with Gasteiger partial charge in [0.2, 0.25) is 0 Å². The molecule has 0 unspecified atom stereocenters. The van der Waals surface area contributed by atoms with Gasteiger partial charge in [0.05, 0.1) is 44.5 Å². The molecule has 0 aliphatic rings. The zero-order chi connectivity index (χ0) is 67.5. The molecular weight excluding hydrogens is 1240 g/mol.